The number of hydroxylamine groups is 3. The molecule has 2 aromatic rings. The molecule has 8 heteroatoms. The van der Waals surface area contributed by atoms with Crippen LogP contribution in [0.25, 0.3) is 11.1 Å². The quantitative estimate of drug-likeness (QED) is 0.633. The van der Waals surface area contributed by atoms with Gasteiger partial charge in [-0.1, -0.05) is 0 Å². The summed E-state index contributed by atoms with van der Waals surface area (Å²) in [6, 6.07) is 2.48. The van der Waals surface area contributed by atoms with Crippen molar-refractivity contribution in [2.75, 3.05) is 31.5 Å². The van der Waals surface area contributed by atoms with Crippen LogP contribution in [0.15, 0.2) is 27.9 Å². The fourth-order valence-electron chi connectivity index (χ4n) is 4.09. The SMILES string of the molecule is [O-][N+]12CCC(CC1)[C@]1(CN=C(Nc3nc4cnccc4o3)O1)C2. The first-order chi connectivity index (χ1) is 11.1. The highest BCUT2D eigenvalue weighted by Gasteiger charge is 2.56. The van der Waals surface area contributed by atoms with Crippen molar-refractivity contribution in [3.63, 3.8) is 0 Å². The maximum absolute atomic E-state index is 12.6. The minimum Gasteiger partial charge on any atom is -0.633 e. The molecule has 3 saturated heterocycles. The van der Waals surface area contributed by atoms with Crippen LogP contribution >= 0.6 is 0 Å². The van der Waals surface area contributed by atoms with Crippen LogP contribution in [0.1, 0.15) is 12.8 Å². The second-order valence-electron chi connectivity index (χ2n) is 6.71. The largest absolute Gasteiger partial charge is 0.633 e. The highest BCUT2D eigenvalue weighted by Crippen LogP contribution is 2.44. The zero-order valence-corrected chi connectivity index (χ0v) is 12.6. The van der Waals surface area contributed by atoms with Gasteiger partial charge in [-0.05, 0) is 0 Å². The molecule has 1 spiro atoms. The Morgan fingerprint density at radius 1 is 1.35 bits per heavy atom. The van der Waals surface area contributed by atoms with Crippen LogP contribution in [0.2, 0.25) is 0 Å². The summed E-state index contributed by atoms with van der Waals surface area (Å²) in [5, 5.41) is 15.6. The molecule has 4 aliphatic rings. The van der Waals surface area contributed by atoms with E-state index in [2.05, 4.69) is 20.3 Å². The molecule has 6 heterocycles. The molecule has 0 saturated carbocycles. The molecule has 2 bridgehead atoms. The average molecular weight is 315 g/mol. The second kappa shape index (κ2) is 4.42. The van der Waals surface area contributed by atoms with Crippen molar-refractivity contribution in [1.29, 1.82) is 0 Å². The number of fused-ring (bicyclic) bond motifs is 3. The standard InChI is InChI=1S/C15H17N5O3/c21-20-5-2-10(3-6-20)15(9-20)8-17-13(23-15)19-14-18-11-7-16-4-1-12(11)22-14/h1,4,7,10H,2-3,5-6,8-9H2,(H,17,18,19)/t10?,15-,20?/m0/s1. The van der Waals surface area contributed by atoms with E-state index in [1.165, 1.54) is 0 Å². The summed E-state index contributed by atoms with van der Waals surface area (Å²) in [7, 11) is 0. The fraction of sp³-hybridized carbons (Fsp3) is 0.533. The molecule has 6 rings (SSSR count). The van der Waals surface area contributed by atoms with Gasteiger partial charge in [0.05, 0.1) is 25.8 Å². The van der Waals surface area contributed by atoms with Crippen LogP contribution in [-0.4, -0.2) is 52.4 Å². The minimum absolute atomic E-state index is 0.145. The molecule has 2 aromatic heterocycles. The van der Waals surface area contributed by atoms with Crippen LogP contribution in [0.4, 0.5) is 6.01 Å². The number of aliphatic imine (C=N–C) groups is 1. The van der Waals surface area contributed by atoms with Crippen molar-refractivity contribution < 1.29 is 13.8 Å². The number of hydrogen-bond donors (Lipinski definition) is 1. The zero-order valence-electron chi connectivity index (χ0n) is 12.6. The number of aromatic nitrogens is 2. The van der Waals surface area contributed by atoms with Crippen LogP contribution in [0, 0.1) is 11.1 Å². The van der Waals surface area contributed by atoms with E-state index in [-0.39, 0.29) is 4.65 Å². The summed E-state index contributed by atoms with van der Waals surface area (Å²) >= 11 is 0. The van der Waals surface area contributed by atoms with Crippen molar-refractivity contribution >= 4 is 23.1 Å². The summed E-state index contributed by atoms with van der Waals surface area (Å²) in [5.74, 6) is 0.410. The average Bonchev–Trinajstić information content (AvgIpc) is 3.11. The molecule has 1 N–H and O–H groups in total. The first-order valence-electron chi connectivity index (χ1n) is 7.92. The monoisotopic (exact) mass is 315 g/mol. The van der Waals surface area contributed by atoms with Gasteiger partial charge < -0.3 is 19.0 Å². The summed E-state index contributed by atoms with van der Waals surface area (Å²) in [6.45, 7) is 2.43. The van der Waals surface area contributed by atoms with Crippen LogP contribution in [0.5, 0.6) is 0 Å². The number of oxazole rings is 1. The Morgan fingerprint density at radius 2 is 2.22 bits per heavy atom. The smallest absolute Gasteiger partial charge is 0.303 e. The summed E-state index contributed by atoms with van der Waals surface area (Å²) < 4.78 is 11.6. The van der Waals surface area contributed by atoms with Crippen LogP contribution < -0.4 is 5.32 Å². The number of anilines is 1. The Hall–Kier alpha value is -2.19. The van der Waals surface area contributed by atoms with E-state index in [1.807, 2.05) is 0 Å². The summed E-state index contributed by atoms with van der Waals surface area (Å²) in [6.07, 6.45) is 5.13. The lowest BCUT2D eigenvalue weighted by atomic mass is 9.75. The van der Waals surface area contributed by atoms with E-state index in [4.69, 9.17) is 9.15 Å². The van der Waals surface area contributed by atoms with Crippen molar-refractivity contribution in [2.24, 2.45) is 10.9 Å². The maximum Gasteiger partial charge on any atom is 0.303 e. The molecule has 1 atom stereocenters. The highest BCUT2D eigenvalue weighted by molar-refractivity contribution is 5.89. The van der Waals surface area contributed by atoms with Gasteiger partial charge in [0.25, 0.3) is 6.02 Å². The van der Waals surface area contributed by atoms with E-state index < -0.39 is 5.60 Å². The van der Waals surface area contributed by atoms with Crippen molar-refractivity contribution in [3.05, 3.63) is 23.7 Å². The predicted molar refractivity (Wildman–Crippen MR) is 82.5 cm³/mol. The highest BCUT2D eigenvalue weighted by atomic mass is 16.6. The Labute approximate surface area is 132 Å². The lowest BCUT2D eigenvalue weighted by molar-refractivity contribution is -0.905. The second-order valence-corrected chi connectivity index (χ2v) is 6.71. The molecule has 0 radical (unpaired) electrons. The minimum atomic E-state index is -0.450. The third-order valence-corrected chi connectivity index (χ3v) is 5.26. The molecule has 8 nitrogen and oxygen atoms in total. The number of nitrogens with one attached hydrogen (secondary N) is 1. The number of nitrogens with zero attached hydrogens (tertiary/aromatic N) is 4. The lowest BCUT2D eigenvalue weighted by Crippen LogP contribution is -2.67. The third kappa shape index (κ3) is 2.02. The van der Waals surface area contributed by atoms with Gasteiger partial charge in [-0.2, -0.15) is 4.98 Å². The van der Waals surface area contributed by atoms with Gasteiger partial charge in [0.2, 0.25) is 0 Å². The lowest BCUT2D eigenvalue weighted by Gasteiger charge is -2.58. The fourth-order valence-corrected chi connectivity index (χ4v) is 4.09. The molecule has 4 aliphatic heterocycles. The number of quaternary nitrogens is 1. The Bertz CT molecular complexity index is 762. The topological polar surface area (TPSA) is 95.6 Å². The van der Waals surface area contributed by atoms with Gasteiger partial charge in [-0.25, -0.2) is 4.99 Å². The van der Waals surface area contributed by atoms with Crippen LogP contribution in [-0.2, 0) is 4.74 Å². The van der Waals surface area contributed by atoms with Gasteiger partial charge in [-0.15, -0.1) is 0 Å². The van der Waals surface area contributed by atoms with E-state index in [1.54, 1.807) is 18.5 Å². The molecule has 0 amide bonds. The third-order valence-electron chi connectivity index (χ3n) is 5.26. The number of ether oxygens (including phenoxy) is 1. The first-order valence-corrected chi connectivity index (χ1v) is 7.92. The molecule has 3 fully saturated rings. The predicted octanol–water partition coefficient (Wildman–Crippen LogP) is 1.50. The van der Waals surface area contributed by atoms with Crippen molar-refractivity contribution in [1.82, 2.24) is 9.97 Å². The Morgan fingerprint density at radius 3 is 3.00 bits per heavy atom. The van der Waals surface area contributed by atoms with E-state index in [9.17, 15) is 5.21 Å². The number of piperidine rings is 3. The number of pyridine rings is 1. The molecule has 0 aromatic carbocycles. The summed E-state index contributed by atoms with van der Waals surface area (Å²) in [5.41, 5.74) is 0.881. The molecular formula is C15H17N5O3. The van der Waals surface area contributed by atoms with Gasteiger partial charge in [-0.3, -0.25) is 10.3 Å². The molecule has 120 valence electrons. The first kappa shape index (κ1) is 13.3. The molecular weight excluding hydrogens is 298 g/mol. The molecule has 0 aliphatic carbocycles. The maximum atomic E-state index is 12.6. The number of hydrogen-bond acceptors (Lipinski definition) is 7. The zero-order chi connectivity index (χ0) is 15.5. The molecule has 0 unspecified atom stereocenters. The Balaban J connectivity index is 1.36. The van der Waals surface area contributed by atoms with Gasteiger partial charge >= 0.3 is 6.01 Å². The van der Waals surface area contributed by atoms with Gasteiger partial charge in [0.1, 0.15) is 12.1 Å². The van der Waals surface area contributed by atoms with Crippen molar-refractivity contribution in [3.8, 4) is 0 Å². The van der Waals surface area contributed by atoms with Crippen molar-refractivity contribution in [2.45, 2.75) is 18.4 Å². The number of rotatable bonds is 1. The van der Waals surface area contributed by atoms with E-state index in [0.717, 1.165) is 12.8 Å². The van der Waals surface area contributed by atoms with Gasteiger partial charge in [0.15, 0.2) is 11.2 Å². The van der Waals surface area contributed by atoms with Crippen LogP contribution in [0.3, 0.4) is 0 Å². The molecule has 23 heavy (non-hydrogen) atoms. The van der Waals surface area contributed by atoms with E-state index >= 15 is 0 Å². The summed E-state index contributed by atoms with van der Waals surface area (Å²) in [4.78, 5) is 12.8. The Kier molecular flexibility index (Phi) is 2.55. The normalized spacial score (nSPS) is 35.5. The van der Waals surface area contributed by atoms with Gasteiger partial charge in [0, 0.05) is 31.0 Å². The van der Waals surface area contributed by atoms with E-state index in [0.29, 0.717) is 55.2 Å². The number of amidine groups is 1.